The van der Waals surface area contributed by atoms with Crippen LogP contribution in [0.5, 0.6) is 0 Å². The molecule has 0 amide bonds. The minimum Gasteiger partial charge on any atom is -0.483 e. The van der Waals surface area contributed by atoms with E-state index in [0.717, 1.165) is 6.40 Å². The Bertz CT molecular complexity index is 958. The number of hydrogen-bond acceptors (Lipinski definition) is 5. The zero-order chi connectivity index (χ0) is 22.0. The van der Waals surface area contributed by atoms with Gasteiger partial charge in [-0.05, 0) is 30.8 Å². The van der Waals surface area contributed by atoms with Gasteiger partial charge < -0.3 is 4.74 Å². The minimum atomic E-state index is -4.80. The molecule has 0 radical (unpaired) electrons. The predicted molar refractivity (Wildman–Crippen MR) is 95.0 cm³/mol. The highest BCUT2D eigenvalue weighted by molar-refractivity contribution is 8.00. The Hall–Kier alpha value is -2.10. The lowest BCUT2D eigenvalue weighted by atomic mass is 10.2. The molecular weight excluding hydrogens is 469 g/mol. The Morgan fingerprint density at radius 3 is 2.28 bits per heavy atom. The van der Waals surface area contributed by atoms with E-state index in [9.17, 15) is 26.3 Å². The van der Waals surface area contributed by atoms with E-state index in [1.807, 2.05) is 0 Å². The van der Waals surface area contributed by atoms with Crippen LogP contribution in [-0.2, 0) is 10.9 Å². The van der Waals surface area contributed by atoms with E-state index in [1.54, 1.807) is 6.92 Å². The second-order valence-corrected chi connectivity index (χ2v) is 6.94. The lowest BCUT2D eigenvalue weighted by Crippen LogP contribution is -2.07. The Morgan fingerprint density at radius 1 is 1.24 bits per heavy atom. The van der Waals surface area contributed by atoms with Crippen molar-refractivity contribution < 1.29 is 31.1 Å². The molecule has 156 valence electrons. The molecule has 14 heteroatoms. The van der Waals surface area contributed by atoms with Crippen molar-refractivity contribution in [2.24, 2.45) is 4.99 Å². The van der Waals surface area contributed by atoms with E-state index < -0.39 is 55.5 Å². The lowest BCUT2D eigenvalue weighted by molar-refractivity contribution is -0.137. The van der Waals surface area contributed by atoms with Crippen LogP contribution in [0.25, 0.3) is 5.69 Å². The van der Waals surface area contributed by atoms with Gasteiger partial charge in [0.15, 0.2) is 17.9 Å². The van der Waals surface area contributed by atoms with Crippen LogP contribution in [0.15, 0.2) is 22.0 Å². The number of nitriles is 1. The zero-order valence-corrected chi connectivity index (χ0v) is 16.4. The van der Waals surface area contributed by atoms with Crippen molar-refractivity contribution in [3.63, 3.8) is 0 Å². The summed E-state index contributed by atoms with van der Waals surface area (Å²) in [6.07, 6.45) is -3.96. The van der Waals surface area contributed by atoms with Gasteiger partial charge in [-0.15, -0.1) is 0 Å². The highest BCUT2D eigenvalue weighted by Gasteiger charge is 2.36. The highest BCUT2D eigenvalue weighted by Crippen LogP contribution is 2.46. The summed E-state index contributed by atoms with van der Waals surface area (Å²) in [4.78, 5) is 3.03. The van der Waals surface area contributed by atoms with E-state index in [-0.39, 0.29) is 12.3 Å². The molecular formula is C15H8Cl2F6N4OS. The van der Waals surface area contributed by atoms with E-state index in [1.165, 1.54) is 6.07 Å². The second-order valence-electron chi connectivity index (χ2n) is 5.05. The van der Waals surface area contributed by atoms with Crippen molar-refractivity contribution in [3.05, 3.63) is 33.4 Å². The maximum atomic E-state index is 12.9. The topological polar surface area (TPSA) is 63.2 Å². The monoisotopic (exact) mass is 476 g/mol. The normalized spacial score (nSPS) is 12.4. The van der Waals surface area contributed by atoms with Crippen LogP contribution >= 0.6 is 35.0 Å². The first-order chi connectivity index (χ1) is 13.4. The van der Waals surface area contributed by atoms with Crippen LogP contribution in [0.1, 0.15) is 18.2 Å². The lowest BCUT2D eigenvalue weighted by Gasteiger charge is -2.13. The molecule has 0 saturated carbocycles. The number of thioether (sulfide) groups is 1. The van der Waals surface area contributed by atoms with Crippen molar-refractivity contribution >= 4 is 47.2 Å². The molecule has 0 unspecified atom stereocenters. The minimum absolute atomic E-state index is 0.131. The Labute approximate surface area is 173 Å². The Balaban J connectivity index is 2.77. The maximum Gasteiger partial charge on any atom is 0.446 e. The third kappa shape index (κ3) is 5.49. The molecule has 0 aliphatic carbocycles. The second kappa shape index (κ2) is 8.73. The molecule has 2 rings (SSSR count). The van der Waals surface area contributed by atoms with Gasteiger partial charge in [-0.2, -0.15) is 41.7 Å². The number of rotatable bonds is 5. The molecule has 1 aromatic heterocycles. The summed E-state index contributed by atoms with van der Waals surface area (Å²) in [6, 6.07) is 2.54. The Morgan fingerprint density at radius 2 is 1.83 bits per heavy atom. The molecule has 29 heavy (non-hydrogen) atoms. The molecule has 0 aliphatic rings. The molecule has 1 aromatic carbocycles. The summed E-state index contributed by atoms with van der Waals surface area (Å²) in [6.45, 7) is 1.71. The summed E-state index contributed by atoms with van der Waals surface area (Å²) in [5, 5.41) is 11.7. The molecule has 1 heterocycles. The first-order valence-electron chi connectivity index (χ1n) is 7.38. The summed E-state index contributed by atoms with van der Waals surface area (Å²) < 4.78 is 83.1. The number of benzene rings is 1. The fraction of sp³-hybridized carbons (Fsp3) is 0.267. The molecule has 0 fully saturated rings. The van der Waals surface area contributed by atoms with Crippen LogP contribution in [0, 0.1) is 11.3 Å². The van der Waals surface area contributed by atoms with Crippen LogP contribution in [-0.4, -0.2) is 28.3 Å². The van der Waals surface area contributed by atoms with Crippen LogP contribution < -0.4 is 0 Å². The van der Waals surface area contributed by atoms with Gasteiger partial charge in [0.05, 0.1) is 27.1 Å². The van der Waals surface area contributed by atoms with Gasteiger partial charge in [0, 0.05) is 0 Å². The molecule has 2 aromatic rings. The number of aromatic nitrogens is 2. The highest BCUT2D eigenvalue weighted by atomic mass is 35.5. The molecule has 0 aliphatic heterocycles. The first kappa shape index (κ1) is 23.2. The quantitative estimate of drug-likeness (QED) is 0.217. The summed E-state index contributed by atoms with van der Waals surface area (Å²) >= 11 is 11.1. The van der Waals surface area contributed by atoms with E-state index in [0.29, 0.717) is 16.8 Å². The summed E-state index contributed by atoms with van der Waals surface area (Å²) in [5.74, 6) is -0.541. The van der Waals surface area contributed by atoms with E-state index in [4.69, 9.17) is 33.2 Å². The number of nitrogens with zero attached hydrogens (tertiary/aromatic N) is 4. The van der Waals surface area contributed by atoms with Crippen molar-refractivity contribution in [3.8, 4) is 11.8 Å². The summed E-state index contributed by atoms with van der Waals surface area (Å²) in [7, 11) is 0. The molecule has 0 saturated heterocycles. The fourth-order valence-corrected chi connectivity index (χ4v) is 3.33. The van der Waals surface area contributed by atoms with Crippen molar-refractivity contribution in [2.75, 3.05) is 6.61 Å². The third-order valence-electron chi connectivity index (χ3n) is 3.11. The van der Waals surface area contributed by atoms with Gasteiger partial charge >= 0.3 is 11.7 Å². The van der Waals surface area contributed by atoms with Gasteiger partial charge in [-0.1, -0.05) is 23.2 Å². The maximum absolute atomic E-state index is 12.9. The van der Waals surface area contributed by atoms with E-state index in [2.05, 4.69) is 10.1 Å². The van der Waals surface area contributed by atoms with Gasteiger partial charge in [0.1, 0.15) is 11.8 Å². The smallest absolute Gasteiger partial charge is 0.446 e. The number of alkyl halides is 6. The summed E-state index contributed by atoms with van der Waals surface area (Å²) in [5.41, 5.74) is -7.03. The third-order valence-corrected chi connectivity index (χ3v) is 4.50. The average molecular weight is 477 g/mol. The van der Waals surface area contributed by atoms with Gasteiger partial charge in [0.25, 0.3) is 0 Å². The molecule has 5 nitrogen and oxygen atoms in total. The largest absolute Gasteiger partial charge is 0.483 e. The zero-order valence-electron chi connectivity index (χ0n) is 14.1. The molecule has 0 N–H and O–H groups in total. The van der Waals surface area contributed by atoms with Crippen LogP contribution in [0.2, 0.25) is 10.0 Å². The first-order valence-corrected chi connectivity index (χ1v) is 8.95. The number of ether oxygens (including phenoxy) is 1. The van der Waals surface area contributed by atoms with Crippen molar-refractivity contribution in [1.29, 1.82) is 5.26 Å². The molecule has 0 bridgehead atoms. The van der Waals surface area contributed by atoms with Crippen molar-refractivity contribution in [1.82, 2.24) is 9.78 Å². The fourth-order valence-electron chi connectivity index (χ4n) is 2.04. The molecule has 0 atom stereocenters. The van der Waals surface area contributed by atoms with Gasteiger partial charge in [-0.3, -0.25) is 0 Å². The standard InChI is InChI=1S/C15H8Cl2F6N4OS/c1-2-28-6-25-13-12(29-15(21,22)23)10(5-24)26-27(13)11-8(16)3-7(4-9(11)17)14(18,19)20/h3-4,6H,2H2,1H3/b25-6+. The number of hydrogen-bond donors (Lipinski definition) is 0. The van der Waals surface area contributed by atoms with Crippen LogP contribution in [0.3, 0.4) is 0 Å². The van der Waals surface area contributed by atoms with Crippen molar-refractivity contribution in [2.45, 2.75) is 23.5 Å². The number of aliphatic imine (C=N–C) groups is 1. The Kier molecular flexibility index (Phi) is 6.97. The van der Waals surface area contributed by atoms with Crippen LogP contribution in [0.4, 0.5) is 32.2 Å². The predicted octanol–water partition coefficient (Wildman–Crippen LogP) is 6.38. The SMILES string of the molecule is CCO/C=N/c1c(SC(F)(F)F)c(C#N)nn1-c1c(Cl)cc(C(F)(F)F)cc1Cl. The van der Waals surface area contributed by atoms with E-state index >= 15 is 0 Å². The molecule has 0 spiro atoms. The van der Waals surface area contributed by atoms with Gasteiger partial charge in [0.2, 0.25) is 0 Å². The van der Waals surface area contributed by atoms with Gasteiger partial charge in [-0.25, -0.2) is 4.68 Å². The number of halogens is 8. The average Bonchev–Trinajstić information content (AvgIpc) is 2.89.